The summed E-state index contributed by atoms with van der Waals surface area (Å²) >= 11 is 0. The number of nitrogens with two attached hydrogens (primary N) is 1. The number of aromatic nitrogens is 3. The zero-order valence-electron chi connectivity index (χ0n) is 19.2. The summed E-state index contributed by atoms with van der Waals surface area (Å²) in [5.74, 6) is 0.829. The lowest BCUT2D eigenvalue weighted by Gasteiger charge is -2.32. The van der Waals surface area contributed by atoms with Crippen LogP contribution in [0.25, 0.3) is 22.4 Å². The van der Waals surface area contributed by atoms with E-state index in [1.807, 2.05) is 12.1 Å². The van der Waals surface area contributed by atoms with Gasteiger partial charge in [-0.2, -0.15) is 5.26 Å². The van der Waals surface area contributed by atoms with Crippen molar-refractivity contribution in [2.24, 2.45) is 5.73 Å². The summed E-state index contributed by atoms with van der Waals surface area (Å²) in [6, 6.07) is 21.0. The van der Waals surface area contributed by atoms with Crippen LogP contribution in [0.1, 0.15) is 24.0 Å². The van der Waals surface area contributed by atoms with E-state index < -0.39 is 0 Å². The Morgan fingerprint density at radius 3 is 2.82 bits per heavy atom. The van der Waals surface area contributed by atoms with E-state index in [0.717, 1.165) is 73.7 Å². The van der Waals surface area contributed by atoms with Crippen molar-refractivity contribution in [1.82, 2.24) is 19.9 Å². The minimum absolute atomic E-state index is 0.184. The van der Waals surface area contributed by atoms with Crippen LogP contribution in [0.15, 0.2) is 67.0 Å². The highest BCUT2D eigenvalue weighted by atomic mass is 15.2. The Labute approximate surface area is 199 Å². The minimum Gasteiger partial charge on any atom is -0.368 e. The molecule has 1 saturated heterocycles. The molecule has 1 unspecified atom stereocenters. The number of hydrogen-bond acceptors (Lipinski definition) is 6. The van der Waals surface area contributed by atoms with Crippen LogP contribution < -0.4 is 16.0 Å². The van der Waals surface area contributed by atoms with Crippen molar-refractivity contribution in [3.63, 3.8) is 0 Å². The normalized spacial score (nSPS) is 16.0. The van der Waals surface area contributed by atoms with E-state index in [9.17, 15) is 5.26 Å². The minimum atomic E-state index is 0.184. The molecule has 5 rings (SSSR count). The van der Waals surface area contributed by atoms with Crippen LogP contribution in [0.3, 0.4) is 0 Å². The third kappa shape index (κ3) is 4.65. The van der Waals surface area contributed by atoms with Crippen LogP contribution in [0.2, 0.25) is 0 Å². The molecule has 7 nitrogen and oxygen atoms in total. The molecule has 172 valence electrons. The molecule has 7 heteroatoms. The van der Waals surface area contributed by atoms with Crippen LogP contribution in [-0.2, 0) is 13.1 Å². The molecule has 3 heterocycles. The third-order valence-corrected chi connectivity index (χ3v) is 6.37. The number of pyridine rings is 1. The highest BCUT2D eigenvalue weighted by Crippen LogP contribution is 2.32. The third-order valence-electron chi connectivity index (χ3n) is 6.37. The molecule has 0 radical (unpaired) electrons. The summed E-state index contributed by atoms with van der Waals surface area (Å²) < 4.78 is 2.23. The van der Waals surface area contributed by atoms with Crippen LogP contribution in [-0.4, -0.2) is 40.2 Å². The lowest BCUT2D eigenvalue weighted by molar-refractivity contribution is 0.507. The first-order valence-corrected chi connectivity index (χ1v) is 11.8. The second kappa shape index (κ2) is 10.0. The molecular formula is C27H29N7. The lowest BCUT2D eigenvalue weighted by atomic mass is 10.1. The van der Waals surface area contributed by atoms with Gasteiger partial charge in [0, 0.05) is 56.7 Å². The fraction of sp³-hybridized carbons (Fsp3) is 0.296. The van der Waals surface area contributed by atoms with Gasteiger partial charge in [-0.3, -0.25) is 4.98 Å². The van der Waals surface area contributed by atoms with Gasteiger partial charge in [0.15, 0.2) is 0 Å². The van der Waals surface area contributed by atoms with Crippen LogP contribution in [0, 0.1) is 11.3 Å². The van der Waals surface area contributed by atoms with Crippen molar-refractivity contribution in [3.8, 4) is 17.5 Å². The van der Waals surface area contributed by atoms with E-state index in [0.29, 0.717) is 5.56 Å². The smallest absolute Gasteiger partial charge is 0.142 e. The Balaban J connectivity index is 1.50. The van der Waals surface area contributed by atoms with Gasteiger partial charge in [0.25, 0.3) is 0 Å². The molecular weight excluding hydrogens is 422 g/mol. The van der Waals surface area contributed by atoms with Gasteiger partial charge in [0.05, 0.1) is 16.8 Å². The van der Waals surface area contributed by atoms with Crippen LogP contribution in [0.4, 0.5) is 5.69 Å². The Morgan fingerprint density at radius 1 is 1.12 bits per heavy atom. The van der Waals surface area contributed by atoms with Gasteiger partial charge in [-0.25, -0.2) is 4.98 Å². The van der Waals surface area contributed by atoms with Crippen molar-refractivity contribution in [3.05, 3.63) is 78.1 Å². The largest absolute Gasteiger partial charge is 0.368 e. The number of imidazole rings is 1. The molecule has 0 amide bonds. The molecule has 1 aliphatic heterocycles. The van der Waals surface area contributed by atoms with Crippen molar-refractivity contribution in [2.45, 2.75) is 32.0 Å². The Morgan fingerprint density at radius 2 is 2.00 bits per heavy atom. The molecule has 0 spiro atoms. The summed E-state index contributed by atoms with van der Waals surface area (Å²) in [6.45, 7) is 4.17. The van der Waals surface area contributed by atoms with E-state index in [2.05, 4.69) is 68.3 Å². The molecule has 2 aromatic carbocycles. The molecule has 1 aliphatic rings. The number of benzene rings is 2. The van der Waals surface area contributed by atoms with Crippen molar-refractivity contribution in [1.29, 1.82) is 5.26 Å². The number of fused-ring (bicyclic) bond motifs is 1. The Bertz CT molecular complexity index is 1310. The number of rotatable bonds is 7. The zero-order chi connectivity index (χ0) is 23.3. The monoisotopic (exact) mass is 451 g/mol. The highest BCUT2D eigenvalue weighted by molar-refractivity contribution is 5.92. The Hall–Kier alpha value is -3.73. The standard InChI is InChI=1S/C27H29N7/c28-15-21-14-22(18-31-17-21)27-32-26-24(33-12-5-8-23(29)19-33)9-4-10-25(26)34(27)13-11-30-16-20-6-2-1-3-7-20/h1-4,6-7,9-10,14,17-18,23,30H,5,8,11-13,16,19,29H2. The number of anilines is 1. The lowest BCUT2D eigenvalue weighted by Crippen LogP contribution is -2.42. The maximum absolute atomic E-state index is 9.39. The van der Waals surface area contributed by atoms with Gasteiger partial charge >= 0.3 is 0 Å². The van der Waals surface area contributed by atoms with E-state index in [4.69, 9.17) is 10.7 Å². The van der Waals surface area contributed by atoms with Crippen LogP contribution >= 0.6 is 0 Å². The maximum atomic E-state index is 9.39. The predicted molar refractivity (Wildman–Crippen MR) is 135 cm³/mol. The molecule has 3 N–H and O–H groups in total. The zero-order valence-corrected chi connectivity index (χ0v) is 19.2. The number of nitriles is 1. The summed E-state index contributed by atoms with van der Waals surface area (Å²) in [6.07, 6.45) is 5.51. The second-order valence-electron chi connectivity index (χ2n) is 8.82. The van der Waals surface area contributed by atoms with E-state index in [1.54, 1.807) is 12.4 Å². The summed E-state index contributed by atoms with van der Waals surface area (Å²) in [4.78, 5) is 11.7. The number of nitrogens with zero attached hydrogens (tertiary/aromatic N) is 5. The van der Waals surface area contributed by atoms with Gasteiger partial charge in [-0.1, -0.05) is 36.4 Å². The van der Waals surface area contributed by atoms with Crippen molar-refractivity contribution in [2.75, 3.05) is 24.5 Å². The summed E-state index contributed by atoms with van der Waals surface area (Å²) in [5, 5.41) is 12.9. The molecule has 1 atom stereocenters. The van der Waals surface area contributed by atoms with E-state index >= 15 is 0 Å². The predicted octanol–water partition coefficient (Wildman–Crippen LogP) is 3.69. The molecule has 0 saturated carbocycles. The number of hydrogen-bond donors (Lipinski definition) is 2. The van der Waals surface area contributed by atoms with Gasteiger partial charge in [0.2, 0.25) is 0 Å². The first-order valence-electron chi connectivity index (χ1n) is 11.8. The fourth-order valence-electron chi connectivity index (χ4n) is 4.71. The maximum Gasteiger partial charge on any atom is 0.142 e. The first-order chi connectivity index (χ1) is 16.7. The van der Waals surface area contributed by atoms with E-state index in [-0.39, 0.29) is 6.04 Å². The van der Waals surface area contributed by atoms with Gasteiger partial charge in [-0.15, -0.1) is 0 Å². The SMILES string of the molecule is N#Cc1cncc(-c2nc3c(N4CCCC(N)C4)cccc3n2CCNCc2ccccc2)c1. The molecule has 4 aromatic rings. The molecule has 1 fully saturated rings. The Kier molecular flexibility index (Phi) is 6.52. The summed E-state index contributed by atoms with van der Waals surface area (Å²) in [7, 11) is 0. The van der Waals surface area contributed by atoms with Crippen molar-refractivity contribution >= 4 is 16.7 Å². The van der Waals surface area contributed by atoms with Crippen LogP contribution in [0.5, 0.6) is 0 Å². The highest BCUT2D eigenvalue weighted by Gasteiger charge is 2.22. The number of para-hydroxylation sites is 1. The van der Waals surface area contributed by atoms with Gasteiger partial charge in [-0.05, 0) is 36.6 Å². The van der Waals surface area contributed by atoms with E-state index in [1.165, 1.54) is 5.56 Å². The molecule has 0 aliphatic carbocycles. The molecule has 34 heavy (non-hydrogen) atoms. The molecule has 2 aromatic heterocycles. The van der Waals surface area contributed by atoms with Crippen molar-refractivity contribution < 1.29 is 0 Å². The first kappa shape index (κ1) is 22.1. The second-order valence-corrected chi connectivity index (χ2v) is 8.82. The number of piperidine rings is 1. The fourth-order valence-corrected chi connectivity index (χ4v) is 4.71. The summed E-state index contributed by atoms with van der Waals surface area (Å²) in [5.41, 5.74) is 12.1. The van der Waals surface area contributed by atoms with Gasteiger partial charge in [0.1, 0.15) is 17.4 Å². The average molecular weight is 452 g/mol. The quantitative estimate of drug-likeness (QED) is 0.416. The molecule has 0 bridgehead atoms. The topological polar surface area (TPSA) is 95.8 Å². The average Bonchev–Trinajstić information content (AvgIpc) is 3.26. The van der Waals surface area contributed by atoms with Gasteiger partial charge < -0.3 is 20.5 Å². The number of nitrogens with one attached hydrogen (secondary N) is 1.